The Balaban J connectivity index is 2.26. The lowest BCUT2D eigenvalue weighted by atomic mass is 10.1. The van der Waals surface area contributed by atoms with Gasteiger partial charge < -0.3 is 20.1 Å². The van der Waals surface area contributed by atoms with Crippen LogP contribution in [0.3, 0.4) is 0 Å². The molecule has 250 valence electrons. The van der Waals surface area contributed by atoms with Crippen molar-refractivity contribution in [2.45, 2.75) is 155 Å². The van der Waals surface area contributed by atoms with Crippen LogP contribution in [0, 0.1) is 0 Å². The number of nitrogens with one attached hydrogen (secondary N) is 2. The third-order valence-electron chi connectivity index (χ3n) is 7.80. The minimum atomic E-state index is -0.786. The molecule has 0 saturated carbocycles. The average Bonchev–Trinajstić information content (AvgIpc) is 3.02. The molecule has 44 heavy (non-hydrogen) atoms. The van der Waals surface area contributed by atoms with Gasteiger partial charge in [-0.2, -0.15) is 0 Å². The minimum Gasteiger partial charge on any atom is -0.464 e. The summed E-state index contributed by atoms with van der Waals surface area (Å²) in [6, 6.07) is 4.47. The molecule has 0 aliphatic carbocycles. The molecule has 1 rings (SSSR count). The summed E-state index contributed by atoms with van der Waals surface area (Å²) in [7, 11) is 0. The highest BCUT2D eigenvalue weighted by atomic mass is 16.5. The number of amides is 2. The van der Waals surface area contributed by atoms with Crippen molar-refractivity contribution in [2.75, 3.05) is 13.2 Å². The van der Waals surface area contributed by atoms with Gasteiger partial charge in [-0.1, -0.05) is 117 Å². The van der Waals surface area contributed by atoms with Crippen molar-refractivity contribution in [3.05, 3.63) is 35.4 Å². The Morgan fingerprint density at radius 1 is 0.500 bits per heavy atom. The first-order chi connectivity index (χ1) is 21.3. The van der Waals surface area contributed by atoms with Crippen LogP contribution >= 0.6 is 0 Å². The smallest absolute Gasteiger partial charge is 0.328 e. The monoisotopic (exact) mass is 616 g/mol. The molecule has 1 aromatic carbocycles. The van der Waals surface area contributed by atoms with Crippen molar-refractivity contribution in [3.63, 3.8) is 0 Å². The molecule has 8 heteroatoms. The molecule has 2 atom stereocenters. The normalized spacial score (nSPS) is 12.3. The maximum absolute atomic E-state index is 12.6. The van der Waals surface area contributed by atoms with Gasteiger partial charge in [-0.05, 0) is 51.0 Å². The zero-order chi connectivity index (χ0) is 32.4. The molecule has 0 bridgehead atoms. The Morgan fingerprint density at radius 3 is 1.07 bits per heavy atom. The largest absolute Gasteiger partial charge is 0.464 e. The third kappa shape index (κ3) is 18.7. The summed E-state index contributed by atoms with van der Waals surface area (Å²) in [6.07, 6.45) is 21.3. The number of esters is 2. The van der Waals surface area contributed by atoms with Gasteiger partial charge in [0.05, 0.1) is 13.2 Å². The van der Waals surface area contributed by atoms with Gasteiger partial charge >= 0.3 is 11.9 Å². The summed E-state index contributed by atoms with van der Waals surface area (Å²) < 4.78 is 10.6. The molecule has 1 aromatic rings. The van der Waals surface area contributed by atoms with Crippen molar-refractivity contribution in [1.82, 2.24) is 10.6 Å². The number of rotatable bonds is 26. The highest BCUT2D eigenvalue weighted by Crippen LogP contribution is 2.11. The Bertz CT molecular complexity index is 858. The lowest BCUT2D eigenvalue weighted by molar-refractivity contribution is -0.146. The molecular formula is C36H60N2O6. The molecule has 0 unspecified atom stereocenters. The van der Waals surface area contributed by atoms with E-state index in [1.54, 1.807) is 13.8 Å². The fourth-order valence-electron chi connectivity index (χ4n) is 4.87. The molecule has 0 fully saturated rings. The van der Waals surface area contributed by atoms with Crippen LogP contribution in [0.25, 0.3) is 0 Å². The molecule has 0 heterocycles. The number of hydrogen-bond donors (Lipinski definition) is 2. The van der Waals surface area contributed by atoms with Crippen molar-refractivity contribution < 1.29 is 28.7 Å². The first-order valence-electron chi connectivity index (χ1n) is 17.3. The molecule has 2 N–H and O–H groups in total. The summed E-state index contributed by atoms with van der Waals surface area (Å²) in [4.78, 5) is 49.8. The Labute approximate surface area is 266 Å². The molecule has 0 saturated heterocycles. The van der Waals surface area contributed by atoms with E-state index in [1.165, 1.54) is 101 Å². The number of carbonyl (C=O) groups is 4. The molecule has 0 aromatic heterocycles. The van der Waals surface area contributed by atoms with E-state index in [0.29, 0.717) is 24.3 Å². The first-order valence-corrected chi connectivity index (χ1v) is 17.3. The second kappa shape index (κ2) is 25.4. The van der Waals surface area contributed by atoms with Gasteiger partial charge in [0.25, 0.3) is 11.8 Å². The van der Waals surface area contributed by atoms with Crippen molar-refractivity contribution in [3.8, 4) is 0 Å². The van der Waals surface area contributed by atoms with E-state index in [0.717, 1.165) is 38.5 Å². The van der Waals surface area contributed by atoms with E-state index >= 15 is 0 Å². The van der Waals surface area contributed by atoms with Gasteiger partial charge in [-0.25, -0.2) is 9.59 Å². The maximum atomic E-state index is 12.6. The zero-order valence-electron chi connectivity index (χ0n) is 28.1. The van der Waals surface area contributed by atoms with Gasteiger partial charge in [-0.15, -0.1) is 0 Å². The number of unbranched alkanes of at least 4 members (excludes halogenated alkanes) is 16. The second-order valence-electron chi connectivity index (χ2n) is 12.0. The quantitative estimate of drug-likeness (QED) is 0.0804. The van der Waals surface area contributed by atoms with Crippen LogP contribution < -0.4 is 10.6 Å². The van der Waals surface area contributed by atoms with Gasteiger partial charge in [0.15, 0.2) is 0 Å². The number of hydrogen-bond acceptors (Lipinski definition) is 6. The van der Waals surface area contributed by atoms with E-state index < -0.39 is 35.8 Å². The van der Waals surface area contributed by atoms with Crippen LogP contribution in [0.15, 0.2) is 24.3 Å². The summed E-state index contributed by atoms with van der Waals surface area (Å²) in [5, 5.41) is 5.30. The van der Waals surface area contributed by atoms with E-state index in [2.05, 4.69) is 24.5 Å². The number of benzene rings is 1. The molecule has 0 spiro atoms. The third-order valence-corrected chi connectivity index (χ3v) is 7.80. The van der Waals surface area contributed by atoms with Crippen LogP contribution in [-0.2, 0) is 19.1 Å². The summed E-state index contributed by atoms with van der Waals surface area (Å²) in [5.74, 6) is -1.80. The fourth-order valence-corrected chi connectivity index (χ4v) is 4.87. The lowest BCUT2D eigenvalue weighted by Crippen LogP contribution is -2.40. The van der Waals surface area contributed by atoms with Crippen molar-refractivity contribution in [2.24, 2.45) is 0 Å². The SMILES string of the molecule is CCCCCCCCCCCOC(=O)[C@H](C)NC(=O)c1ccc(C(=O)N[C@@H](C)C(=O)OCCCCCCCCCCC)cc1. The van der Waals surface area contributed by atoms with Crippen LogP contribution in [0.5, 0.6) is 0 Å². The molecule has 2 amide bonds. The Hall–Kier alpha value is -2.90. The zero-order valence-corrected chi connectivity index (χ0v) is 28.1. The highest BCUT2D eigenvalue weighted by molar-refractivity contribution is 6.00. The summed E-state index contributed by atoms with van der Waals surface area (Å²) in [5.41, 5.74) is 0.627. The maximum Gasteiger partial charge on any atom is 0.328 e. The van der Waals surface area contributed by atoms with Gasteiger partial charge in [0, 0.05) is 11.1 Å². The topological polar surface area (TPSA) is 111 Å². The second-order valence-corrected chi connectivity index (χ2v) is 12.0. The van der Waals surface area contributed by atoms with Crippen LogP contribution in [0.2, 0.25) is 0 Å². The van der Waals surface area contributed by atoms with Crippen LogP contribution in [0.4, 0.5) is 0 Å². The van der Waals surface area contributed by atoms with Crippen LogP contribution in [0.1, 0.15) is 164 Å². The molecule has 0 radical (unpaired) electrons. The first kappa shape index (κ1) is 39.1. The molecule has 8 nitrogen and oxygen atoms in total. The van der Waals surface area contributed by atoms with E-state index in [-0.39, 0.29) is 0 Å². The van der Waals surface area contributed by atoms with Gasteiger partial charge in [0.2, 0.25) is 0 Å². The van der Waals surface area contributed by atoms with E-state index in [9.17, 15) is 19.2 Å². The van der Waals surface area contributed by atoms with Crippen LogP contribution in [-0.4, -0.2) is 49.1 Å². The van der Waals surface area contributed by atoms with Gasteiger partial charge in [0.1, 0.15) is 12.1 Å². The number of ether oxygens (including phenoxy) is 2. The predicted octanol–water partition coefficient (Wildman–Crippen LogP) is 8.07. The molecule has 0 aliphatic heterocycles. The average molecular weight is 617 g/mol. The Morgan fingerprint density at radius 2 is 0.773 bits per heavy atom. The van der Waals surface area contributed by atoms with Crippen molar-refractivity contribution in [1.29, 1.82) is 0 Å². The fraction of sp³-hybridized carbons (Fsp3) is 0.722. The lowest BCUT2D eigenvalue weighted by Gasteiger charge is -2.15. The summed E-state index contributed by atoms with van der Waals surface area (Å²) >= 11 is 0. The Kier molecular flexibility index (Phi) is 22.6. The summed E-state index contributed by atoms with van der Waals surface area (Å²) in [6.45, 7) is 8.32. The minimum absolute atomic E-state index is 0.313. The van der Waals surface area contributed by atoms with E-state index in [1.807, 2.05) is 0 Å². The van der Waals surface area contributed by atoms with Gasteiger partial charge in [-0.3, -0.25) is 9.59 Å². The predicted molar refractivity (Wildman–Crippen MR) is 177 cm³/mol. The standard InChI is InChI=1S/C36H60N2O6/c1-5-7-9-11-13-15-17-19-21-27-43-35(41)29(3)37-33(39)31-23-25-32(26-24-31)34(40)38-30(4)36(42)44-28-22-20-18-16-14-12-10-8-6-2/h23-26,29-30H,5-22,27-28H2,1-4H3,(H,37,39)(H,38,40)/t29-,30-/m0/s1. The molecular weight excluding hydrogens is 556 g/mol. The highest BCUT2D eigenvalue weighted by Gasteiger charge is 2.20. The molecule has 0 aliphatic rings. The van der Waals surface area contributed by atoms with Crippen molar-refractivity contribution >= 4 is 23.8 Å². The van der Waals surface area contributed by atoms with E-state index in [4.69, 9.17) is 9.47 Å². The number of carbonyl (C=O) groups excluding carboxylic acids is 4.